The van der Waals surface area contributed by atoms with Crippen molar-refractivity contribution in [3.05, 3.63) is 22.4 Å². The van der Waals surface area contributed by atoms with E-state index in [-0.39, 0.29) is 11.7 Å². The molecule has 8 nitrogen and oxygen atoms in total. The Kier molecular flexibility index (Phi) is 4.51. The molecule has 1 unspecified atom stereocenters. The van der Waals surface area contributed by atoms with Gasteiger partial charge in [0, 0.05) is 19.1 Å². The van der Waals surface area contributed by atoms with Gasteiger partial charge in [0.25, 0.3) is 0 Å². The maximum absolute atomic E-state index is 13.0. The van der Waals surface area contributed by atoms with Crippen molar-refractivity contribution in [1.29, 1.82) is 0 Å². The SMILES string of the molecule is CCCn1c2nc(C3=CCC(C)(C(=O)O)CC3)nc-2c2n(c1=O)C[C@H](CC)N2. The standard InChI is InChI=1S/C20H27N5O3/c1-4-10-24-17-14(16-21-13(5-2)11-25(16)19(24)28)22-15(23-17)12-6-8-20(3,9-7-12)18(26)27/h6,13,21H,4-5,7-11H2,1-3H3,(H,26,27)/t13-,20?/m0/s1. The summed E-state index contributed by atoms with van der Waals surface area (Å²) in [6.07, 6.45) is 5.36. The van der Waals surface area contributed by atoms with Crippen LogP contribution in [-0.2, 0) is 17.9 Å². The van der Waals surface area contributed by atoms with Gasteiger partial charge in [0.1, 0.15) is 11.5 Å². The Morgan fingerprint density at radius 1 is 1.39 bits per heavy atom. The van der Waals surface area contributed by atoms with Crippen molar-refractivity contribution in [1.82, 2.24) is 19.1 Å². The highest BCUT2D eigenvalue weighted by atomic mass is 16.4. The third-order valence-electron chi connectivity index (χ3n) is 6.09. The van der Waals surface area contributed by atoms with Crippen LogP contribution in [0.3, 0.4) is 0 Å². The first-order valence-corrected chi connectivity index (χ1v) is 10.1. The van der Waals surface area contributed by atoms with E-state index < -0.39 is 11.4 Å². The van der Waals surface area contributed by atoms with E-state index in [0.29, 0.717) is 44.0 Å². The molecule has 1 aliphatic carbocycles. The minimum Gasteiger partial charge on any atom is -0.481 e. The van der Waals surface area contributed by atoms with Gasteiger partial charge in [-0.25, -0.2) is 14.8 Å². The van der Waals surface area contributed by atoms with Crippen LogP contribution in [0.2, 0.25) is 0 Å². The molecular weight excluding hydrogens is 358 g/mol. The number of carboxylic acids is 1. The molecule has 3 aliphatic heterocycles. The highest BCUT2D eigenvalue weighted by Gasteiger charge is 2.36. The van der Waals surface area contributed by atoms with Gasteiger partial charge in [-0.2, -0.15) is 0 Å². The van der Waals surface area contributed by atoms with Crippen LogP contribution in [0.25, 0.3) is 17.1 Å². The van der Waals surface area contributed by atoms with Gasteiger partial charge in [0.15, 0.2) is 11.6 Å². The molecule has 2 atom stereocenters. The predicted molar refractivity (Wildman–Crippen MR) is 106 cm³/mol. The van der Waals surface area contributed by atoms with Crippen LogP contribution in [0.4, 0.5) is 5.82 Å². The Hall–Kier alpha value is -2.64. The van der Waals surface area contributed by atoms with Crippen molar-refractivity contribution in [3.8, 4) is 11.5 Å². The van der Waals surface area contributed by atoms with E-state index in [1.165, 1.54) is 0 Å². The lowest BCUT2D eigenvalue weighted by molar-refractivity contribution is -0.148. The van der Waals surface area contributed by atoms with Gasteiger partial charge < -0.3 is 10.4 Å². The monoisotopic (exact) mass is 385 g/mol. The van der Waals surface area contributed by atoms with E-state index in [1.54, 1.807) is 16.1 Å². The van der Waals surface area contributed by atoms with Crippen LogP contribution in [0.1, 0.15) is 58.7 Å². The summed E-state index contributed by atoms with van der Waals surface area (Å²) in [5, 5.41) is 12.9. The topological polar surface area (TPSA) is 102 Å². The summed E-state index contributed by atoms with van der Waals surface area (Å²) in [5.41, 5.74) is 0.920. The van der Waals surface area contributed by atoms with Crippen LogP contribution in [0.15, 0.2) is 10.9 Å². The molecule has 0 saturated heterocycles. The number of rotatable bonds is 5. The van der Waals surface area contributed by atoms with Gasteiger partial charge in [-0.3, -0.25) is 13.9 Å². The normalized spacial score (nSPS) is 24.1. The first kappa shape index (κ1) is 18.7. The van der Waals surface area contributed by atoms with Crippen LogP contribution < -0.4 is 11.0 Å². The number of nitrogens with one attached hydrogen (secondary N) is 1. The molecule has 2 N–H and O–H groups in total. The van der Waals surface area contributed by atoms with Gasteiger partial charge in [-0.1, -0.05) is 19.9 Å². The van der Waals surface area contributed by atoms with Crippen molar-refractivity contribution in [2.24, 2.45) is 5.41 Å². The summed E-state index contributed by atoms with van der Waals surface area (Å²) >= 11 is 0. The zero-order valence-electron chi connectivity index (χ0n) is 16.7. The second-order valence-corrected chi connectivity index (χ2v) is 8.16. The average molecular weight is 385 g/mol. The molecule has 0 spiro atoms. The van der Waals surface area contributed by atoms with E-state index in [1.807, 2.05) is 13.0 Å². The molecule has 0 bridgehead atoms. The predicted octanol–water partition coefficient (Wildman–Crippen LogP) is 2.82. The van der Waals surface area contributed by atoms with Crippen LogP contribution in [0.5, 0.6) is 0 Å². The summed E-state index contributed by atoms with van der Waals surface area (Å²) in [5.74, 6) is 1.22. The summed E-state index contributed by atoms with van der Waals surface area (Å²) in [4.78, 5) is 34.0. The molecule has 0 amide bonds. The molecule has 0 aromatic rings. The number of hydrogen-bond acceptors (Lipinski definition) is 5. The lowest BCUT2D eigenvalue weighted by Gasteiger charge is -2.27. The lowest BCUT2D eigenvalue weighted by atomic mass is 9.76. The van der Waals surface area contributed by atoms with E-state index in [9.17, 15) is 14.7 Å². The Morgan fingerprint density at radius 2 is 2.18 bits per heavy atom. The minimum absolute atomic E-state index is 0.0460. The number of allylic oxidation sites excluding steroid dienone is 2. The number of aromatic nitrogens is 4. The van der Waals surface area contributed by atoms with Crippen molar-refractivity contribution in [2.75, 3.05) is 5.32 Å². The highest BCUT2D eigenvalue weighted by molar-refractivity contribution is 5.78. The number of nitrogens with zero attached hydrogens (tertiary/aromatic N) is 4. The van der Waals surface area contributed by atoms with Crippen molar-refractivity contribution in [3.63, 3.8) is 0 Å². The Labute approximate surface area is 163 Å². The smallest absolute Gasteiger partial charge is 0.331 e. The Balaban J connectivity index is 1.80. The molecule has 4 aliphatic rings. The highest BCUT2D eigenvalue weighted by Crippen LogP contribution is 2.40. The average Bonchev–Trinajstić information content (AvgIpc) is 3.30. The van der Waals surface area contributed by atoms with Gasteiger partial charge in [-0.15, -0.1) is 0 Å². The first-order valence-electron chi connectivity index (χ1n) is 10.1. The lowest BCUT2D eigenvalue weighted by Crippen LogP contribution is -2.32. The molecule has 0 saturated carbocycles. The molecule has 0 aromatic carbocycles. The second kappa shape index (κ2) is 6.76. The Morgan fingerprint density at radius 3 is 2.79 bits per heavy atom. The maximum atomic E-state index is 13.0. The fraction of sp³-hybridized carbons (Fsp3) is 0.600. The van der Waals surface area contributed by atoms with Gasteiger partial charge in [0.05, 0.1) is 5.41 Å². The third kappa shape index (κ3) is 2.82. The first-order chi connectivity index (χ1) is 13.4. The summed E-state index contributed by atoms with van der Waals surface area (Å²) in [6.45, 7) is 7.16. The van der Waals surface area contributed by atoms with Crippen LogP contribution >= 0.6 is 0 Å². The summed E-state index contributed by atoms with van der Waals surface area (Å²) < 4.78 is 3.50. The molecule has 0 fully saturated rings. The van der Waals surface area contributed by atoms with E-state index in [4.69, 9.17) is 9.97 Å². The number of fused-ring (bicyclic) bond motifs is 3. The summed E-state index contributed by atoms with van der Waals surface area (Å²) in [7, 11) is 0. The van der Waals surface area contributed by atoms with Crippen LogP contribution in [0, 0.1) is 5.41 Å². The molecule has 0 aromatic heterocycles. The van der Waals surface area contributed by atoms with E-state index in [0.717, 1.165) is 29.9 Å². The fourth-order valence-corrected chi connectivity index (χ4v) is 4.08. The number of imidazole rings is 1. The molecule has 28 heavy (non-hydrogen) atoms. The number of carbonyl (C=O) groups is 1. The largest absolute Gasteiger partial charge is 0.481 e. The third-order valence-corrected chi connectivity index (χ3v) is 6.09. The zero-order chi connectivity index (χ0) is 20.1. The summed E-state index contributed by atoms with van der Waals surface area (Å²) in [6, 6.07) is 0.221. The van der Waals surface area contributed by atoms with Gasteiger partial charge in [-0.05, 0) is 44.6 Å². The molecule has 4 rings (SSSR count). The maximum Gasteiger partial charge on any atom is 0.331 e. The second-order valence-electron chi connectivity index (χ2n) is 8.16. The number of anilines is 1. The molecule has 0 radical (unpaired) electrons. The van der Waals surface area contributed by atoms with Gasteiger partial charge in [0.2, 0.25) is 0 Å². The van der Waals surface area contributed by atoms with Crippen molar-refractivity contribution in [2.45, 2.75) is 72.0 Å². The fourth-order valence-electron chi connectivity index (χ4n) is 4.08. The Bertz CT molecular complexity index is 989. The molecular formula is C20H27N5O3. The molecule has 150 valence electrons. The molecule has 8 heteroatoms. The quantitative estimate of drug-likeness (QED) is 0.821. The zero-order valence-corrected chi connectivity index (χ0v) is 16.7. The minimum atomic E-state index is -0.766. The van der Waals surface area contributed by atoms with Gasteiger partial charge >= 0.3 is 11.7 Å². The van der Waals surface area contributed by atoms with Crippen molar-refractivity contribution < 1.29 is 9.90 Å². The van der Waals surface area contributed by atoms with E-state index in [2.05, 4.69) is 12.2 Å². The number of aliphatic carboxylic acids is 1. The van der Waals surface area contributed by atoms with Crippen molar-refractivity contribution >= 4 is 17.4 Å². The van der Waals surface area contributed by atoms with E-state index >= 15 is 0 Å². The molecule has 3 heterocycles. The van der Waals surface area contributed by atoms with Crippen LogP contribution in [-0.4, -0.2) is 36.2 Å². The number of hydrogen-bond donors (Lipinski definition) is 2. The number of carboxylic acid groups (broad SMARTS) is 1.